The van der Waals surface area contributed by atoms with Gasteiger partial charge in [-0.15, -0.1) is 6.58 Å². The van der Waals surface area contributed by atoms with Gasteiger partial charge in [0.05, 0.1) is 11.5 Å². The van der Waals surface area contributed by atoms with Crippen molar-refractivity contribution < 1.29 is 8.42 Å². The van der Waals surface area contributed by atoms with Crippen molar-refractivity contribution >= 4 is 9.84 Å². The van der Waals surface area contributed by atoms with Crippen molar-refractivity contribution in [1.82, 2.24) is 4.90 Å². The lowest BCUT2D eigenvalue weighted by Crippen LogP contribution is -2.65. The minimum absolute atomic E-state index is 0.233. The second-order valence-electron chi connectivity index (χ2n) is 5.56. The molecule has 0 atom stereocenters. The molecule has 0 bridgehead atoms. The third kappa shape index (κ3) is 2.61. The second kappa shape index (κ2) is 3.59. The highest BCUT2D eigenvalue weighted by Crippen LogP contribution is 2.33. The second-order valence-corrected chi connectivity index (χ2v) is 7.62. The summed E-state index contributed by atoms with van der Waals surface area (Å²) >= 11 is 0. The molecule has 1 fully saturated rings. The molecule has 0 radical (unpaired) electrons. The Kier molecular flexibility index (Phi) is 3.05. The molecule has 0 saturated carbocycles. The molecule has 0 aromatic carbocycles. The lowest BCUT2D eigenvalue weighted by atomic mass is 9.95. The van der Waals surface area contributed by atoms with E-state index in [1.54, 1.807) is 0 Å². The van der Waals surface area contributed by atoms with E-state index in [-0.39, 0.29) is 22.6 Å². The van der Waals surface area contributed by atoms with E-state index in [1.165, 1.54) is 0 Å². The number of sulfone groups is 1. The highest BCUT2D eigenvalue weighted by molar-refractivity contribution is 7.91. The summed E-state index contributed by atoms with van der Waals surface area (Å²) in [6.45, 7) is 12.4. The van der Waals surface area contributed by atoms with Gasteiger partial charge in [0.25, 0.3) is 0 Å². The van der Waals surface area contributed by atoms with Crippen molar-refractivity contribution in [1.29, 1.82) is 0 Å². The Balaban J connectivity index is 3.11. The van der Waals surface area contributed by atoms with Crippen LogP contribution in [0, 0.1) is 0 Å². The molecule has 1 aliphatic heterocycles. The van der Waals surface area contributed by atoms with E-state index in [9.17, 15) is 8.42 Å². The van der Waals surface area contributed by atoms with E-state index in [1.807, 2.05) is 33.8 Å². The highest BCUT2D eigenvalue weighted by Gasteiger charge is 2.47. The zero-order valence-electron chi connectivity index (χ0n) is 10.1. The van der Waals surface area contributed by atoms with Gasteiger partial charge in [0.1, 0.15) is 0 Å². The molecule has 1 aliphatic rings. The molecule has 0 aromatic heterocycles. The first-order chi connectivity index (χ1) is 6.61. The quantitative estimate of drug-likeness (QED) is 0.675. The van der Waals surface area contributed by atoms with Crippen LogP contribution in [-0.4, -0.2) is 42.4 Å². The fraction of sp³-hybridized carbons (Fsp3) is 0.818. The predicted molar refractivity (Wildman–Crippen MR) is 63.7 cm³/mol. The zero-order chi connectivity index (χ0) is 11.9. The topological polar surface area (TPSA) is 37.4 Å². The molecule has 3 nitrogen and oxygen atoms in total. The molecular formula is C11H21NO2S. The molecule has 15 heavy (non-hydrogen) atoms. The van der Waals surface area contributed by atoms with Crippen LogP contribution < -0.4 is 0 Å². The Morgan fingerprint density at radius 3 is 1.93 bits per heavy atom. The minimum Gasteiger partial charge on any atom is -0.287 e. The first-order valence-electron chi connectivity index (χ1n) is 5.20. The monoisotopic (exact) mass is 231 g/mol. The van der Waals surface area contributed by atoms with Gasteiger partial charge in [-0.05, 0) is 27.7 Å². The van der Waals surface area contributed by atoms with E-state index in [2.05, 4.69) is 11.5 Å². The van der Waals surface area contributed by atoms with Crippen LogP contribution in [0.3, 0.4) is 0 Å². The lowest BCUT2D eigenvalue weighted by molar-refractivity contribution is 0.0468. The van der Waals surface area contributed by atoms with Gasteiger partial charge in [0.15, 0.2) is 9.84 Å². The molecule has 0 amide bonds. The average molecular weight is 231 g/mol. The molecule has 0 unspecified atom stereocenters. The summed E-state index contributed by atoms with van der Waals surface area (Å²) in [4.78, 5) is 2.22. The van der Waals surface area contributed by atoms with E-state index in [4.69, 9.17) is 0 Å². The molecule has 88 valence electrons. The van der Waals surface area contributed by atoms with Crippen molar-refractivity contribution in [3.8, 4) is 0 Å². The van der Waals surface area contributed by atoms with Crippen LogP contribution in [0.4, 0.5) is 0 Å². The largest absolute Gasteiger partial charge is 0.287 e. The number of nitrogens with zero attached hydrogens (tertiary/aromatic N) is 1. The Labute approximate surface area is 93.1 Å². The first-order valence-corrected chi connectivity index (χ1v) is 7.02. The lowest BCUT2D eigenvalue weighted by Gasteiger charge is -2.51. The normalized spacial score (nSPS) is 28.5. The summed E-state index contributed by atoms with van der Waals surface area (Å²) < 4.78 is 23.6. The maximum Gasteiger partial charge on any atom is 0.153 e. The van der Waals surface area contributed by atoms with Gasteiger partial charge in [-0.1, -0.05) is 6.08 Å². The van der Waals surface area contributed by atoms with Gasteiger partial charge < -0.3 is 0 Å². The van der Waals surface area contributed by atoms with Crippen LogP contribution in [0.25, 0.3) is 0 Å². The van der Waals surface area contributed by atoms with Crippen LogP contribution in [0.15, 0.2) is 12.7 Å². The first kappa shape index (κ1) is 12.7. The van der Waals surface area contributed by atoms with E-state index in [0.717, 1.165) is 6.54 Å². The van der Waals surface area contributed by atoms with Crippen molar-refractivity contribution in [3.63, 3.8) is 0 Å². The Morgan fingerprint density at radius 1 is 1.20 bits per heavy atom. The number of hydrogen-bond acceptors (Lipinski definition) is 3. The number of hydrogen-bond donors (Lipinski definition) is 0. The SMILES string of the molecule is C=CCN1C(C)(C)CS(=O)(=O)CC1(C)C. The predicted octanol–water partition coefficient (Wildman–Crippen LogP) is 1.46. The summed E-state index contributed by atoms with van der Waals surface area (Å²) in [5, 5.41) is 0. The van der Waals surface area contributed by atoms with E-state index >= 15 is 0 Å². The minimum atomic E-state index is -2.93. The van der Waals surface area contributed by atoms with Crippen LogP contribution in [-0.2, 0) is 9.84 Å². The molecule has 0 N–H and O–H groups in total. The van der Waals surface area contributed by atoms with Crippen molar-refractivity contribution in [3.05, 3.63) is 12.7 Å². The zero-order valence-corrected chi connectivity index (χ0v) is 10.9. The van der Waals surface area contributed by atoms with Crippen molar-refractivity contribution in [2.24, 2.45) is 0 Å². The summed E-state index contributed by atoms with van der Waals surface area (Å²) in [6, 6.07) is 0. The Bertz CT molecular complexity index is 331. The van der Waals surface area contributed by atoms with E-state index in [0.29, 0.717) is 0 Å². The average Bonchev–Trinajstić information content (AvgIpc) is 1.92. The van der Waals surface area contributed by atoms with Crippen molar-refractivity contribution in [2.75, 3.05) is 18.1 Å². The fourth-order valence-electron chi connectivity index (χ4n) is 2.73. The standard InChI is InChI=1S/C11H21NO2S/c1-6-7-12-10(2,3)8-15(13,14)9-11(12,4)5/h6H,1,7-9H2,2-5H3. The summed E-state index contributed by atoms with van der Waals surface area (Å²) in [5.74, 6) is 0.467. The van der Waals surface area contributed by atoms with Crippen LogP contribution >= 0.6 is 0 Å². The van der Waals surface area contributed by atoms with Gasteiger partial charge in [0, 0.05) is 17.6 Å². The maximum absolute atomic E-state index is 11.8. The van der Waals surface area contributed by atoms with Crippen LogP contribution in [0.5, 0.6) is 0 Å². The molecule has 0 spiro atoms. The molecule has 4 heteroatoms. The smallest absolute Gasteiger partial charge is 0.153 e. The summed E-state index contributed by atoms with van der Waals surface area (Å²) in [6.07, 6.45) is 1.83. The summed E-state index contributed by atoms with van der Waals surface area (Å²) in [5.41, 5.74) is -0.621. The van der Waals surface area contributed by atoms with Gasteiger partial charge >= 0.3 is 0 Å². The Hall–Kier alpha value is -0.350. The third-order valence-electron chi connectivity index (χ3n) is 2.92. The third-order valence-corrected chi connectivity index (χ3v) is 5.21. The maximum atomic E-state index is 11.8. The molecule has 1 rings (SSSR count). The van der Waals surface area contributed by atoms with E-state index < -0.39 is 9.84 Å². The van der Waals surface area contributed by atoms with Gasteiger partial charge in [-0.3, -0.25) is 4.90 Å². The van der Waals surface area contributed by atoms with Gasteiger partial charge in [-0.2, -0.15) is 0 Å². The highest BCUT2D eigenvalue weighted by atomic mass is 32.2. The van der Waals surface area contributed by atoms with Gasteiger partial charge in [-0.25, -0.2) is 8.42 Å². The molecule has 1 heterocycles. The molecule has 0 aliphatic carbocycles. The van der Waals surface area contributed by atoms with Gasteiger partial charge in [0.2, 0.25) is 0 Å². The molecule has 1 saturated heterocycles. The number of rotatable bonds is 2. The molecular weight excluding hydrogens is 210 g/mol. The fourth-order valence-corrected chi connectivity index (χ4v) is 5.29. The molecule has 0 aromatic rings. The van der Waals surface area contributed by atoms with Crippen LogP contribution in [0.2, 0.25) is 0 Å². The summed E-state index contributed by atoms with van der Waals surface area (Å²) in [7, 11) is -2.93. The Morgan fingerprint density at radius 2 is 1.60 bits per heavy atom. The van der Waals surface area contributed by atoms with Crippen molar-refractivity contribution in [2.45, 2.75) is 38.8 Å². The van der Waals surface area contributed by atoms with Crippen LogP contribution in [0.1, 0.15) is 27.7 Å².